The molecule has 2 N–H and O–H groups in total. The summed E-state index contributed by atoms with van der Waals surface area (Å²) < 4.78 is 0. The van der Waals surface area contributed by atoms with Crippen molar-refractivity contribution < 1.29 is 0 Å². The zero-order valence-corrected chi connectivity index (χ0v) is 12.9. The lowest BCUT2D eigenvalue weighted by Gasteiger charge is -2.17. The summed E-state index contributed by atoms with van der Waals surface area (Å²) in [6.45, 7) is 9.77. The zero-order valence-electron chi connectivity index (χ0n) is 12.9. The summed E-state index contributed by atoms with van der Waals surface area (Å²) in [6.07, 6.45) is 1.93. The molecule has 0 aromatic carbocycles. The van der Waals surface area contributed by atoms with Crippen molar-refractivity contribution in [1.29, 1.82) is 0 Å². The highest BCUT2D eigenvalue weighted by molar-refractivity contribution is 5.47. The predicted molar refractivity (Wildman–Crippen MR) is 81.8 cm³/mol. The Kier molecular flexibility index (Phi) is 3.04. The molecule has 0 unspecified atom stereocenters. The minimum Gasteiger partial charge on any atom is -0.368 e. The lowest BCUT2D eigenvalue weighted by atomic mass is 9.95. The average molecular weight is 284 g/mol. The number of hydrogen-bond donors (Lipinski definition) is 1. The van der Waals surface area contributed by atoms with E-state index in [4.69, 9.17) is 10.7 Å². The second-order valence-corrected chi connectivity index (χ2v) is 6.50. The molecule has 110 valence electrons. The molecular weight excluding hydrogens is 264 g/mol. The molecule has 21 heavy (non-hydrogen) atoms. The van der Waals surface area contributed by atoms with Crippen LogP contribution in [0.15, 0.2) is 12.3 Å². The Hall–Kier alpha value is -2.24. The molecule has 0 saturated heterocycles. The van der Waals surface area contributed by atoms with Gasteiger partial charge < -0.3 is 10.6 Å². The third kappa shape index (κ3) is 2.66. The van der Waals surface area contributed by atoms with Crippen molar-refractivity contribution in [2.75, 3.05) is 10.6 Å². The number of aromatic nitrogens is 4. The van der Waals surface area contributed by atoms with Crippen LogP contribution in [0.3, 0.4) is 0 Å². The van der Waals surface area contributed by atoms with E-state index in [2.05, 4.69) is 40.6 Å². The predicted octanol–water partition coefficient (Wildman–Crippen LogP) is 1.97. The van der Waals surface area contributed by atoms with Gasteiger partial charge in [0.05, 0.1) is 12.2 Å². The van der Waals surface area contributed by atoms with Crippen LogP contribution < -0.4 is 10.6 Å². The Labute approximate surface area is 124 Å². The monoisotopic (exact) mass is 284 g/mol. The Balaban J connectivity index is 1.91. The van der Waals surface area contributed by atoms with Crippen molar-refractivity contribution in [2.45, 2.75) is 46.2 Å². The van der Waals surface area contributed by atoms with E-state index < -0.39 is 0 Å². The Morgan fingerprint density at radius 1 is 1.14 bits per heavy atom. The van der Waals surface area contributed by atoms with E-state index in [1.165, 1.54) is 0 Å². The molecule has 0 spiro atoms. The summed E-state index contributed by atoms with van der Waals surface area (Å²) in [7, 11) is 0. The molecule has 6 heteroatoms. The number of rotatable bonds is 1. The summed E-state index contributed by atoms with van der Waals surface area (Å²) in [5, 5.41) is 0. The minimum absolute atomic E-state index is 0.0433. The molecule has 0 bridgehead atoms. The fraction of sp³-hybridized carbons (Fsp3) is 0.467. The van der Waals surface area contributed by atoms with Crippen molar-refractivity contribution in [1.82, 2.24) is 19.9 Å². The van der Waals surface area contributed by atoms with Gasteiger partial charge >= 0.3 is 0 Å². The van der Waals surface area contributed by atoms with Crippen molar-refractivity contribution in [3.8, 4) is 0 Å². The van der Waals surface area contributed by atoms with Gasteiger partial charge in [0.15, 0.2) is 0 Å². The number of nitrogen functional groups attached to an aromatic ring is 1. The quantitative estimate of drug-likeness (QED) is 0.862. The summed E-state index contributed by atoms with van der Waals surface area (Å²) >= 11 is 0. The molecule has 0 radical (unpaired) electrons. The van der Waals surface area contributed by atoms with E-state index in [-0.39, 0.29) is 5.41 Å². The van der Waals surface area contributed by atoms with E-state index in [1.807, 2.05) is 19.2 Å². The first-order chi connectivity index (χ1) is 9.83. The van der Waals surface area contributed by atoms with Crippen LogP contribution in [0, 0.1) is 6.92 Å². The second-order valence-electron chi connectivity index (χ2n) is 6.50. The number of fused-ring (bicyclic) bond motifs is 1. The van der Waals surface area contributed by atoms with Crippen LogP contribution in [0.4, 0.5) is 11.8 Å². The molecule has 1 aliphatic heterocycles. The Morgan fingerprint density at radius 3 is 2.57 bits per heavy atom. The number of anilines is 2. The molecule has 0 amide bonds. The lowest BCUT2D eigenvalue weighted by Crippen LogP contribution is -2.18. The van der Waals surface area contributed by atoms with Gasteiger partial charge in [-0.25, -0.2) is 15.0 Å². The summed E-state index contributed by atoms with van der Waals surface area (Å²) in [4.78, 5) is 19.8. The lowest BCUT2D eigenvalue weighted by molar-refractivity contribution is 0.541. The fourth-order valence-corrected chi connectivity index (χ4v) is 2.41. The molecular formula is C15H20N6. The van der Waals surface area contributed by atoms with E-state index in [1.54, 1.807) is 0 Å². The smallest absolute Gasteiger partial charge is 0.222 e. The van der Waals surface area contributed by atoms with Gasteiger partial charge in [0.1, 0.15) is 11.6 Å². The molecule has 2 aromatic rings. The topological polar surface area (TPSA) is 80.8 Å². The number of aryl methyl sites for hydroxylation is 1. The summed E-state index contributed by atoms with van der Waals surface area (Å²) in [6, 6.07) is 1.94. The third-order valence-electron chi connectivity index (χ3n) is 3.51. The van der Waals surface area contributed by atoms with Gasteiger partial charge in [0.2, 0.25) is 5.95 Å². The van der Waals surface area contributed by atoms with Gasteiger partial charge in [-0.05, 0) is 6.92 Å². The van der Waals surface area contributed by atoms with Crippen LogP contribution >= 0.6 is 0 Å². The van der Waals surface area contributed by atoms with E-state index in [9.17, 15) is 0 Å². The van der Waals surface area contributed by atoms with Gasteiger partial charge in [-0.1, -0.05) is 20.8 Å². The molecule has 0 saturated carbocycles. The van der Waals surface area contributed by atoms with Gasteiger partial charge in [0.25, 0.3) is 0 Å². The first-order valence-corrected chi connectivity index (χ1v) is 7.04. The molecule has 6 nitrogen and oxygen atoms in total. The van der Waals surface area contributed by atoms with Crippen LogP contribution in [0.1, 0.15) is 43.5 Å². The molecule has 0 atom stereocenters. The molecule has 1 aliphatic rings. The number of nitrogens with two attached hydrogens (primary N) is 1. The van der Waals surface area contributed by atoms with Crippen molar-refractivity contribution >= 4 is 11.8 Å². The molecule has 2 aromatic heterocycles. The molecule has 3 rings (SSSR count). The maximum atomic E-state index is 5.74. The highest BCUT2D eigenvalue weighted by Gasteiger charge is 2.25. The van der Waals surface area contributed by atoms with Gasteiger partial charge in [0, 0.05) is 35.5 Å². The SMILES string of the molecule is Cc1cc(N2Cc3cnc(C(C)(C)C)nc3C2)nc(N)n1. The first-order valence-electron chi connectivity index (χ1n) is 7.04. The zero-order chi connectivity index (χ0) is 15.2. The number of nitrogens with zero attached hydrogens (tertiary/aromatic N) is 5. The Bertz CT molecular complexity index is 669. The molecule has 0 fully saturated rings. The van der Waals surface area contributed by atoms with Crippen LogP contribution in [-0.2, 0) is 18.5 Å². The van der Waals surface area contributed by atoms with E-state index in [0.29, 0.717) is 5.95 Å². The van der Waals surface area contributed by atoms with Crippen molar-refractivity contribution in [3.05, 3.63) is 35.0 Å². The Morgan fingerprint density at radius 2 is 1.90 bits per heavy atom. The standard InChI is InChI=1S/C15H20N6/c1-9-5-12(20-14(16)18-9)21-7-10-6-17-13(15(2,3)4)19-11(10)8-21/h5-6H,7-8H2,1-4H3,(H2,16,18,20). The van der Waals surface area contributed by atoms with Crippen molar-refractivity contribution in [2.24, 2.45) is 0 Å². The van der Waals surface area contributed by atoms with Gasteiger partial charge in [-0.3, -0.25) is 0 Å². The van der Waals surface area contributed by atoms with Crippen molar-refractivity contribution in [3.63, 3.8) is 0 Å². The van der Waals surface area contributed by atoms with Gasteiger partial charge in [-0.15, -0.1) is 0 Å². The van der Waals surface area contributed by atoms with Gasteiger partial charge in [-0.2, -0.15) is 4.98 Å². The normalized spacial score (nSPS) is 14.4. The summed E-state index contributed by atoms with van der Waals surface area (Å²) in [5.74, 6) is 2.03. The first kappa shape index (κ1) is 13.7. The average Bonchev–Trinajstić information content (AvgIpc) is 2.79. The molecule has 3 heterocycles. The fourth-order valence-electron chi connectivity index (χ4n) is 2.41. The highest BCUT2D eigenvalue weighted by atomic mass is 15.2. The molecule has 0 aliphatic carbocycles. The summed E-state index contributed by atoms with van der Waals surface area (Å²) in [5.41, 5.74) is 8.79. The van der Waals surface area contributed by atoms with Crippen LogP contribution in [0.5, 0.6) is 0 Å². The second kappa shape index (κ2) is 4.65. The van der Waals surface area contributed by atoms with Crippen LogP contribution in [0.2, 0.25) is 0 Å². The van der Waals surface area contributed by atoms with E-state index >= 15 is 0 Å². The number of hydrogen-bond acceptors (Lipinski definition) is 6. The van der Waals surface area contributed by atoms with E-state index in [0.717, 1.165) is 41.7 Å². The highest BCUT2D eigenvalue weighted by Crippen LogP contribution is 2.28. The minimum atomic E-state index is -0.0433. The maximum absolute atomic E-state index is 5.74. The third-order valence-corrected chi connectivity index (χ3v) is 3.51. The largest absolute Gasteiger partial charge is 0.368 e. The maximum Gasteiger partial charge on any atom is 0.222 e. The van der Waals surface area contributed by atoms with Crippen LogP contribution in [-0.4, -0.2) is 19.9 Å². The van der Waals surface area contributed by atoms with Crippen LogP contribution in [0.25, 0.3) is 0 Å².